The zero-order valence-corrected chi connectivity index (χ0v) is 12.3. The van der Waals surface area contributed by atoms with Gasteiger partial charge in [-0.15, -0.1) is 0 Å². The van der Waals surface area contributed by atoms with Gasteiger partial charge in [-0.2, -0.15) is 15.0 Å². The van der Waals surface area contributed by atoms with E-state index in [0.717, 1.165) is 13.0 Å². The van der Waals surface area contributed by atoms with Crippen LogP contribution in [0.5, 0.6) is 6.01 Å². The van der Waals surface area contributed by atoms with E-state index in [4.69, 9.17) is 4.74 Å². The molecule has 0 atom stereocenters. The van der Waals surface area contributed by atoms with Gasteiger partial charge in [-0.3, -0.25) is 4.57 Å². The fourth-order valence-corrected chi connectivity index (χ4v) is 1.44. The Bertz CT molecular complexity index is 552. The minimum absolute atomic E-state index is 0.312. The zero-order valence-electron chi connectivity index (χ0n) is 12.3. The van der Waals surface area contributed by atoms with Gasteiger partial charge in [0.15, 0.2) is 0 Å². The summed E-state index contributed by atoms with van der Waals surface area (Å²) in [6.45, 7) is 8.77. The molecule has 0 aliphatic heterocycles. The van der Waals surface area contributed by atoms with Crippen LogP contribution in [0.3, 0.4) is 0 Å². The molecule has 0 spiro atoms. The van der Waals surface area contributed by atoms with E-state index in [0.29, 0.717) is 17.9 Å². The zero-order chi connectivity index (χ0) is 14.6. The summed E-state index contributed by atoms with van der Waals surface area (Å²) in [7, 11) is 0. The summed E-state index contributed by atoms with van der Waals surface area (Å²) in [4.78, 5) is 16.9. The normalized spacial score (nSPS) is 11.4. The van der Waals surface area contributed by atoms with E-state index in [1.165, 1.54) is 0 Å². The molecule has 0 amide bonds. The third kappa shape index (κ3) is 3.43. The summed E-state index contributed by atoms with van der Waals surface area (Å²) >= 11 is 0. The molecule has 0 aromatic carbocycles. The molecule has 108 valence electrons. The van der Waals surface area contributed by atoms with Crippen LogP contribution in [-0.4, -0.2) is 36.6 Å². The fraction of sp³-hybridized carbons (Fsp3) is 0.538. The van der Waals surface area contributed by atoms with E-state index < -0.39 is 0 Å². The number of anilines is 1. The van der Waals surface area contributed by atoms with Crippen molar-refractivity contribution in [3.63, 3.8) is 0 Å². The maximum atomic E-state index is 5.84. The van der Waals surface area contributed by atoms with Crippen LogP contribution in [0.4, 0.5) is 5.95 Å². The number of ether oxygens (including phenoxy) is 1. The van der Waals surface area contributed by atoms with Gasteiger partial charge in [-0.1, -0.05) is 6.92 Å². The van der Waals surface area contributed by atoms with Crippen LogP contribution in [0.15, 0.2) is 18.7 Å². The number of rotatable bonds is 6. The number of hydrogen-bond donors (Lipinski definition) is 1. The predicted molar refractivity (Wildman–Crippen MR) is 76.1 cm³/mol. The molecular formula is C13H20N6O. The minimum Gasteiger partial charge on any atom is -0.457 e. The van der Waals surface area contributed by atoms with Crippen molar-refractivity contribution in [1.82, 2.24) is 24.5 Å². The summed E-state index contributed by atoms with van der Waals surface area (Å²) in [5.74, 6) is 0.975. The minimum atomic E-state index is -0.322. The molecule has 2 aromatic heterocycles. The molecule has 7 nitrogen and oxygen atoms in total. The predicted octanol–water partition coefficient (Wildman–Crippen LogP) is 2.06. The second-order valence-corrected chi connectivity index (χ2v) is 4.96. The fourth-order valence-electron chi connectivity index (χ4n) is 1.44. The maximum Gasteiger partial charge on any atom is 0.323 e. The standard InChI is InChI=1S/C13H20N6O/c1-5-13(3,4)20-12-17-10(15-6-2)16-11(18-12)19-8-7-14-9-19/h7-9H,5-6H2,1-4H3,(H,15,16,17,18). The molecule has 0 radical (unpaired) electrons. The lowest BCUT2D eigenvalue weighted by Crippen LogP contribution is -2.28. The first-order valence-electron chi connectivity index (χ1n) is 6.71. The Morgan fingerprint density at radius 3 is 2.65 bits per heavy atom. The lowest BCUT2D eigenvalue weighted by molar-refractivity contribution is 0.0923. The first kappa shape index (κ1) is 14.2. The highest BCUT2D eigenvalue weighted by molar-refractivity contribution is 5.30. The molecule has 0 saturated heterocycles. The van der Waals surface area contributed by atoms with Gasteiger partial charge in [-0.25, -0.2) is 4.98 Å². The largest absolute Gasteiger partial charge is 0.457 e. The second kappa shape index (κ2) is 5.85. The first-order chi connectivity index (χ1) is 9.54. The molecule has 0 aliphatic rings. The third-order valence-electron chi connectivity index (χ3n) is 2.89. The van der Waals surface area contributed by atoms with Gasteiger partial charge in [-0.05, 0) is 27.2 Å². The molecule has 0 bridgehead atoms. The molecule has 2 heterocycles. The van der Waals surface area contributed by atoms with Crippen molar-refractivity contribution < 1.29 is 4.74 Å². The average Bonchev–Trinajstić information content (AvgIpc) is 2.92. The smallest absolute Gasteiger partial charge is 0.323 e. The number of nitrogens with zero attached hydrogens (tertiary/aromatic N) is 5. The molecule has 0 fully saturated rings. The van der Waals surface area contributed by atoms with Gasteiger partial charge >= 0.3 is 6.01 Å². The van der Waals surface area contributed by atoms with Crippen LogP contribution < -0.4 is 10.1 Å². The van der Waals surface area contributed by atoms with Gasteiger partial charge < -0.3 is 10.1 Å². The van der Waals surface area contributed by atoms with Crippen molar-refractivity contribution in [2.24, 2.45) is 0 Å². The van der Waals surface area contributed by atoms with E-state index in [1.54, 1.807) is 23.3 Å². The monoisotopic (exact) mass is 276 g/mol. The molecule has 7 heteroatoms. The molecule has 20 heavy (non-hydrogen) atoms. The number of imidazole rings is 1. The Labute approximate surface area is 118 Å². The van der Waals surface area contributed by atoms with Crippen LogP contribution in [0.1, 0.15) is 34.1 Å². The van der Waals surface area contributed by atoms with Gasteiger partial charge in [0.05, 0.1) is 0 Å². The topological polar surface area (TPSA) is 77.8 Å². The maximum absolute atomic E-state index is 5.84. The molecule has 0 aliphatic carbocycles. The Morgan fingerprint density at radius 2 is 2.05 bits per heavy atom. The third-order valence-corrected chi connectivity index (χ3v) is 2.89. The van der Waals surface area contributed by atoms with E-state index in [-0.39, 0.29) is 5.60 Å². The van der Waals surface area contributed by atoms with Crippen LogP contribution in [0, 0.1) is 0 Å². The van der Waals surface area contributed by atoms with Crippen molar-refractivity contribution in [3.8, 4) is 12.0 Å². The van der Waals surface area contributed by atoms with Crippen LogP contribution in [-0.2, 0) is 0 Å². The molecule has 1 N–H and O–H groups in total. The summed E-state index contributed by atoms with van der Waals surface area (Å²) < 4.78 is 7.56. The van der Waals surface area contributed by atoms with E-state index >= 15 is 0 Å². The van der Waals surface area contributed by atoms with Crippen LogP contribution in [0.25, 0.3) is 5.95 Å². The first-order valence-corrected chi connectivity index (χ1v) is 6.71. The highest BCUT2D eigenvalue weighted by Gasteiger charge is 2.20. The Balaban J connectivity index is 2.36. The molecule has 2 aromatic rings. The summed E-state index contributed by atoms with van der Waals surface area (Å²) in [5.41, 5.74) is -0.322. The lowest BCUT2D eigenvalue weighted by atomic mass is 10.1. The van der Waals surface area contributed by atoms with Crippen molar-refractivity contribution in [3.05, 3.63) is 18.7 Å². The van der Waals surface area contributed by atoms with Crippen molar-refractivity contribution >= 4 is 5.95 Å². The molecule has 0 saturated carbocycles. The van der Waals surface area contributed by atoms with E-state index in [9.17, 15) is 0 Å². The van der Waals surface area contributed by atoms with Crippen molar-refractivity contribution in [2.45, 2.75) is 39.7 Å². The highest BCUT2D eigenvalue weighted by atomic mass is 16.5. The van der Waals surface area contributed by atoms with Gasteiger partial charge in [0, 0.05) is 18.9 Å². The molecule has 0 unspecified atom stereocenters. The summed E-state index contributed by atoms with van der Waals surface area (Å²) in [6, 6.07) is 0.312. The Kier molecular flexibility index (Phi) is 4.16. The number of nitrogens with one attached hydrogen (secondary N) is 1. The van der Waals surface area contributed by atoms with Crippen LogP contribution >= 0.6 is 0 Å². The quantitative estimate of drug-likeness (QED) is 0.870. The molecule has 2 rings (SSSR count). The molecular weight excluding hydrogens is 256 g/mol. The van der Waals surface area contributed by atoms with Gasteiger partial charge in [0.1, 0.15) is 11.9 Å². The van der Waals surface area contributed by atoms with E-state index in [1.807, 2.05) is 20.8 Å². The Hall–Kier alpha value is -2.18. The number of hydrogen-bond acceptors (Lipinski definition) is 6. The summed E-state index contributed by atoms with van der Waals surface area (Å²) in [6.07, 6.45) is 5.95. The second-order valence-electron chi connectivity index (χ2n) is 4.96. The Morgan fingerprint density at radius 1 is 1.25 bits per heavy atom. The van der Waals surface area contributed by atoms with Gasteiger partial charge in [0.25, 0.3) is 0 Å². The van der Waals surface area contributed by atoms with Gasteiger partial charge in [0.2, 0.25) is 11.9 Å². The number of aromatic nitrogens is 5. The lowest BCUT2D eigenvalue weighted by Gasteiger charge is -2.23. The van der Waals surface area contributed by atoms with E-state index in [2.05, 4.69) is 32.2 Å². The highest BCUT2D eigenvalue weighted by Crippen LogP contribution is 2.19. The summed E-state index contributed by atoms with van der Waals surface area (Å²) in [5, 5.41) is 3.08. The van der Waals surface area contributed by atoms with Crippen molar-refractivity contribution in [2.75, 3.05) is 11.9 Å². The average molecular weight is 276 g/mol. The van der Waals surface area contributed by atoms with Crippen molar-refractivity contribution in [1.29, 1.82) is 0 Å². The SMILES string of the molecule is CCNc1nc(OC(C)(C)CC)nc(-n2ccnc2)n1. The van der Waals surface area contributed by atoms with Crippen LogP contribution in [0.2, 0.25) is 0 Å².